The van der Waals surface area contributed by atoms with Crippen molar-refractivity contribution in [1.29, 1.82) is 5.26 Å². The number of nitrogens with two attached hydrogens (primary N) is 1. The zero-order valence-corrected chi connectivity index (χ0v) is 29.5. The van der Waals surface area contributed by atoms with Gasteiger partial charge in [0.05, 0.1) is 35.3 Å². The molecular formula is C29H29FKN9OPS-. The van der Waals surface area contributed by atoms with Gasteiger partial charge in [0, 0.05) is 48.3 Å². The summed E-state index contributed by atoms with van der Waals surface area (Å²) in [5.74, 6) is 0.103. The van der Waals surface area contributed by atoms with E-state index in [1.807, 2.05) is 18.8 Å². The molecule has 10 nitrogen and oxygen atoms in total. The van der Waals surface area contributed by atoms with Gasteiger partial charge in [-0.2, -0.15) is 15.5 Å². The van der Waals surface area contributed by atoms with Gasteiger partial charge < -0.3 is 30.6 Å². The molecule has 2 aliphatic heterocycles. The summed E-state index contributed by atoms with van der Waals surface area (Å²) in [5, 5.41) is 22.8. The number of nitrogens with zero attached hydrogens (tertiary/aromatic N) is 7. The molecule has 0 amide bonds. The molecule has 0 spiro atoms. The molecule has 3 aromatic heterocycles. The number of hydrogen-bond donors (Lipinski definition) is 2. The maximum atomic E-state index is 14.8. The fourth-order valence-corrected chi connectivity index (χ4v) is 6.68. The number of pyridine rings is 1. The summed E-state index contributed by atoms with van der Waals surface area (Å²) in [5.41, 5.74) is 10.9. The van der Waals surface area contributed by atoms with Crippen molar-refractivity contribution >= 4 is 46.8 Å². The zero-order valence-electron chi connectivity index (χ0n) is 24.4. The third-order valence-electron chi connectivity index (χ3n) is 7.85. The van der Waals surface area contributed by atoms with E-state index in [9.17, 15) is 9.65 Å². The van der Waals surface area contributed by atoms with E-state index in [-0.39, 0.29) is 67.5 Å². The van der Waals surface area contributed by atoms with Crippen molar-refractivity contribution in [3.8, 4) is 17.3 Å². The van der Waals surface area contributed by atoms with Crippen LogP contribution in [0.2, 0.25) is 0 Å². The predicted octanol–water partition coefficient (Wildman–Crippen LogP) is -0.0273. The number of nitriles is 1. The van der Waals surface area contributed by atoms with Gasteiger partial charge in [-0.05, 0) is 33.2 Å². The van der Waals surface area contributed by atoms with Crippen LogP contribution in [0.5, 0.6) is 0 Å². The number of fused-ring (bicyclic) bond motifs is 2. The van der Waals surface area contributed by atoms with Gasteiger partial charge in [-0.1, -0.05) is 23.4 Å². The Hall–Kier alpha value is -2.08. The Morgan fingerprint density at radius 1 is 1.40 bits per heavy atom. The van der Waals surface area contributed by atoms with Crippen molar-refractivity contribution in [2.24, 2.45) is 4.99 Å². The fourth-order valence-electron chi connectivity index (χ4n) is 5.30. The first-order valence-corrected chi connectivity index (χ1v) is 14.6. The van der Waals surface area contributed by atoms with Crippen LogP contribution in [0, 0.1) is 29.9 Å². The third-order valence-corrected chi connectivity index (χ3v) is 9.31. The number of aromatic nitrogens is 3. The number of aliphatic imine (C=N–C) groups is 1. The number of nitrogens with one attached hydrogen (secondary N) is 1. The minimum atomic E-state index is -0.514. The van der Waals surface area contributed by atoms with Gasteiger partial charge in [-0.3, -0.25) is 4.98 Å². The van der Waals surface area contributed by atoms with E-state index >= 15 is 0 Å². The number of rotatable bonds is 7. The average Bonchev–Trinajstić information content (AvgIpc) is 3.57. The Bertz CT molecular complexity index is 1750. The molecule has 5 heterocycles. The fraction of sp³-hybridized carbons (Fsp3) is 0.310. The van der Waals surface area contributed by atoms with Crippen molar-refractivity contribution in [2.75, 3.05) is 32.9 Å². The molecule has 0 aliphatic carbocycles. The van der Waals surface area contributed by atoms with Crippen LogP contribution in [0.1, 0.15) is 34.9 Å². The van der Waals surface area contributed by atoms with E-state index in [1.54, 1.807) is 6.20 Å². The molecule has 14 heteroatoms. The van der Waals surface area contributed by atoms with Gasteiger partial charge in [0.15, 0.2) is 5.82 Å². The largest absolute Gasteiger partial charge is 1.00 e. The van der Waals surface area contributed by atoms with Crippen LogP contribution in [0.25, 0.3) is 21.3 Å². The first-order chi connectivity index (χ1) is 20.2. The number of likely N-dealkylation sites (N-methyl/N-ethyl adjacent to an activating group) is 1. The van der Waals surface area contributed by atoms with E-state index < -0.39 is 5.82 Å². The van der Waals surface area contributed by atoms with Crippen molar-refractivity contribution in [2.45, 2.75) is 32.2 Å². The number of benzene rings is 1. The van der Waals surface area contributed by atoms with Crippen molar-refractivity contribution in [1.82, 2.24) is 30.3 Å². The van der Waals surface area contributed by atoms with E-state index in [2.05, 4.69) is 72.7 Å². The van der Waals surface area contributed by atoms with E-state index in [1.165, 1.54) is 6.20 Å². The van der Waals surface area contributed by atoms with Crippen LogP contribution < -0.4 is 67.7 Å². The topological polar surface area (TPSA) is 129 Å². The van der Waals surface area contributed by atoms with Crippen molar-refractivity contribution in [3.63, 3.8) is 0 Å². The van der Waals surface area contributed by atoms with Crippen LogP contribution in [0.15, 0.2) is 29.5 Å². The molecule has 0 saturated carbocycles. The maximum absolute atomic E-state index is 14.8. The SMILES string of the molecule is CN(C)C1(C)CN([CH-]/N=C(/NCc2cccnn2)c2[c-]c(P)c(-c3ncc(F)c4sc(N)c(C#N)c34)c3c2COC3)C1.[K+]. The molecule has 1 saturated heterocycles. The number of thiophene rings is 1. The summed E-state index contributed by atoms with van der Waals surface area (Å²) in [7, 11) is 6.89. The molecule has 1 aromatic carbocycles. The smallest absolute Gasteiger partial charge is 0.404 e. The number of amidine groups is 1. The summed E-state index contributed by atoms with van der Waals surface area (Å²) in [4.78, 5) is 13.7. The number of halogens is 1. The van der Waals surface area contributed by atoms with Crippen LogP contribution in [-0.2, 0) is 24.5 Å². The van der Waals surface area contributed by atoms with Gasteiger partial charge in [0.2, 0.25) is 0 Å². The number of anilines is 1. The van der Waals surface area contributed by atoms with Crippen LogP contribution in [0.3, 0.4) is 0 Å². The molecule has 0 radical (unpaired) electrons. The second-order valence-electron chi connectivity index (χ2n) is 10.8. The Morgan fingerprint density at radius 2 is 2.16 bits per heavy atom. The zero-order chi connectivity index (χ0) is 29.6. The Labute approximate surface area is 298 Å². The van der Waals surface area contributed by atoms with Crippen LogP contribution >= 0.6 is 20.6 Å². The second-order valence-corrected chi connectivity index (χ2v) is 12.4. The van der Waals surface area contributed by atoms with Crippen LogP contribution in [0.4, 0.5) is 9.39 Å². The standard InChI is InChI=1S/C29H29FN9OPS.K/c1-29(38(2)3)13-39(14-29)15-35-28(34-9-16-5-4-6-36-37-16)17-7-22(41)23(20-12-40-11-19(17)20)25-24-18(8-31)27(32)42-26(24)21(30)10-33-25;/h4-6,10,15H,9,11-14,32,41H2,1-3H3,(H,34,35);/q-2;+1. The van der Waals surface area contributed by atoms with Crippen molar-refractivity contribution < 1.29 is 60.5 Å². The van der Waals surface area contributed by atoms with E-state index in [0.717, 1.165) is 52.4 Å². The minimum Gasteiger partial charge on any atom is -0.404 e. The number of likely N-dealkylation sites (tertiary alicyclic amines) is 1. The first-order valence-electron chi connectivity index (χ1n) is 13.2. The van der Waals surface area contributed by atoms with Crippen LogP contribution in [-0.4, -0.2) is 63.5 Å². The predicted molar refractivity (Wildman–Crippen MR) is 164 cm³/mol. The minimum absolute atomic E-state index is 0. The van der Waals surface area contributed by atoms with Crippen molar-refractivity contribution in [3.05, 3.63) is 71.0 Å². The van der Waals surface area contributed by atoms with Gasteiger partial charge in [0.25, 0.3) is 0 Å². The van der Waals surface area contributed by atoms with Gasteiger partial charge in [-0.15, -0.1) is 37.5 Å². The monoisotopic (exact) mass is 640 g/mol. The Kier molecular flexibility index (Phi) is 9.85. The van der Waals surface area contributed by atoms with Gasteiger partial charge in [0.1, 0.15) is 11.1 Å². The molecular weight excluding hydrogens is 612 g/mol. The normalized spacial score (nSPS) is 16.0. The molecule has 1 unspecified atom stereocenters. The summed E-state index contributed by atoms with van der Waals surface area (Å²) >= 11 is 1.05. The summed E-state index contributed by atoms with van der Waals surface area (Å²) in [6.07, 6.45) is 2.81. The molecule has 1 atom stereocenters. The summed E-state index contributed by atoms with van der Waals surface area (Å²) in [6.45, 7) is 6.87. The Morgan fingerprint density at radius 3 is 2.86 bits per heavy atom. The average molecular weight is 641 g/mol. The van der Waals surface area contributed by atoms with Gasteiger partial charge in [-0.25, -0.2) is 4.39 Å². The molecule has 1 fully saturated rings. The Balaban J connectivity index is 0.00000368. The molecule has 4 aromatic rings. The number of nitrogen functional groups attached to an aromatic ring is 1. The van der Waals surface area contributed by atoms with E-state index in [0.29, 0.717) is 46.7 Å². The molecule has 6 rings (SSSR count). The molecule has 43 heavy (non-hydrogen) atoms. The molecule has 2 aliphatic rings. The van der Waals surface area contributed by atoms with Gasteiger partial charge >= 0.3 is 51.4 Å². The second kappa shape index (κ2) is 13.1. The summed E-state index contributed by atoms with van der Waals surface area (Å²) in [6, 6.07) is 9.36. The molecule has 3 N–H and O–H groups in total. The number of ether oxygens (including phenoxy) is 1. The summed E-state index contributed by atoms with van der Waals surface area (Å²) < 4.78 is 21.0. The molecule has 216 valence electrons. The van der Waals surface area contributed by atoms with E-state index in [4.69, 9.17) is 15.5 Å². The molecule has 0 bridgehead atoms. The third kappa shape index (κ3) is 6.11. The maximum Gasteiger partial charge on any atom is 1.00 e. The first kappa shape index (κ1) is 32.3. The number of hydrogen-bond acceptors (Lipinski definition) is 10. The quantitative estimate of drug-likeness (QED) is 0.0942.